The van der Waals surface area contributed by atoms with Crippen LogP contribution in [0.25, 0.3) is 0 Å². The Hall–Kier alpha value is -1.59. The molecule has 0 spiro atoms. The van der Waals surface area contributed by atoms with Gasteiger partial charge in [-0.2, -0.15) is 0 Å². The molecule has 0 aromatic heterocycles. The zero-order valence-electron chi connectivity index (χ0n) is 13.2. The minimum Gasteiger partial charge on any atom is -0.394 e. The molecule has 1 aromatic rings. The van der Waals surface area contributed by atoms with Crippen LogP contribution < -0.4 is 10.6 Å². The summed E-state index contributed by atoms with van der Waals surface area (Å²) in [6.07, 6.45) is 5.99. The molecule has 2 rings (SSSR count). The van der Waals surface area contributed by atoms with Crippen molar-refractivity contribution in [2.45, 2.75) is 57.8 Å². The van der Waals surface area contributed by atoms with E-state index in [4.69, 9.17) is 9.84 Å². The summed E-state index contributed by atoms with van der Waals surface area (Å²) in [5.41, 5.74) is 1.84. The Morgan fingerprint density at radius 2 is 2.00 bits per heavy atom. The van der Waals surface area contributed by atoms with Gasteiger partial charge in [0.1, 0.15) is 0 Å². The Labute approximate surface area is 132 Å². The summed E-state index contributed by atoms with van der Waals surface area (Å²) in [7, 11) is 0. The van der Waals surface area contributed by atoms with Crippen LogP contribution in [0.2, 0.25) is 0 Å². The zero-order chi connectivity index (χ0) is 15.8. The number of carbonyl (C=O) groups is 1. The third kappa shape index (κ3) is 5.31. The van der Waals surface area contributed by atoms with E-state index in [1.54, 1.807) is 0 Å². The van der Waals surface area contributed by atoms with E-state index in [-0.39, 0.29) is 18.7 Å². The fourth-order valence-electron chi connectivity index (χ4n) is 2.58. The lowest BCUT2D eigenvalue weighted by Crippen LogP contribution is -2.39. The summed E-state index contributed by atoms with van der Waals surface area (Å²) in [4.78, 5) is 11.8. The molecule has 1 saturated carbocycles. The molecule has 0 heterocycles. The molecule has 22 heavy (non-hydrogen) atoms. The molecule has 1 fully saturated rings. The van der Waals surface area contributed by atoms with Crippen LogP contribution in [0.4, 0.5) is 10.5 Å². The fourth-order valence-corrected chi connectivity index (χ4v) is 2.58. The van der Waals surface area contributed by atoms with Gasteiger partial charge in [-0.3, -0.25) is 0 Å². The number of aliphatic hydroxyl groups excluding tert-OH is 1. The van der Waals surface area contributed by atoms with E-state index in [0.717, 1.165) is 11.3 Å². The maximum absolute atomic E-state index is 11.8. The average Bonchev–Trinajstić information content (AvgIpc) is 3.05. The molecule has 1 atom stereocenters. The highest BCUT2D eigenvalue weighted by molar-refractivity contribution is 5.89. The number of amides is 2. The van der Waals surface area contributed by atoms with Gasteiger partial charge >= 0.3 is 6.03 Å². The molecular formula is C17H26N2O3. The molecule has 5 heteroatoms. The molecule has 0 radical (unpaired) electrons. The van der Waals surface area contributed by atoms with Crippen LogP contribution in [0.3, 0.4) is 0 Å². The van der Waals surface area contributed by atoms with Crippen molar-refractivity contribution in [1.29, 1.82) is 0 Å². The molecule has 2 amide bonds. The van der Waals surface area contributed by atoms with Crippen molar-refractivity contribution in [3.63, 3.8) is 0 Å². The summed E-state index contributed by atoms with van der Waals surface area (Å²) in [6, 6.07) is 7.16. The Morgan fingerprint density at radius 3 is 2.59 bits per heavy atom. The van der Waals surface area contributed by atoms with E-state index in [0.29, 0.717) is 19.1 Å². The fraction of sp³-hybridized carbons (Fsp3) is 0.588. The van der Waals surface area contributed by atoms with E-state index in [1.165, 1.54) is 25.7 Å². The lowest BCUT2D eigenvalue weighted by molar-refractivity contribution is 0.0457. The van der Waals surface area contributed by atoms with Crippen molar-refractivity contribution < 1.29 is 14.6 Å². The monoisotopic (exact) mass is 306 g/mol. The number of anilines is 1. The smallest absolute Gasteiger partial charge is 0.319 e. The van der Waals surface area contributed by atoms with Gasteiger partial charge in [-0.15, -0.1) is 0 Å². The van der Waals surface area contributed by atoms with Crippen LogP contribution in [0, 0.1) is 0 Å². The third-order valence-electron chi connectivity index (χ3n) is 4.05. The van der Waals surface area contributed by atoms with Crippen LogP contribution >= 0.6 is 0 Å². The average molecular weight is 306 g/mol. The summed E-state index contributed by atoms with van der Waals surface area (Å²) < 4.78 is 5.86. The Morgan fingerprint density at radius 1 is 1.32 bits per heavy atom. The van der Waals surface area contributed by atoms with Crippen LogP contribution in [-0.4, -0.2) is 29.9 Å². The van der Waals surface area contributed by atoms with Gasteiger partial charge in [0.15, 0.2) is 0 Å². The standard InChI is InChI=1S/C17H26N2O3/c1-2-14(11-20)18-17(21)19-15-9-7-13(8-10-15)12-22-16-5-3-4-6-16/h7-10,14,16,20H,2-6,11-12H2,1H3,(H2,18,19,21)/t14-/m1/s1. The largest absolute Gasteiger partial charge is 0.394 e. The van der Waals surface area contributed by atoms with Crippen molar-refractivity contribution in [2.24, 2.45) is 0 Å². The van der Waals surface area contributed by atoms with E-state index in [2.05, 4.69) is 10.6 Å². The minimum atomic E-state index is -0.296. The van der Waals surface area contributed by atoms with Crippen LogP contribution in [0.15, 0.2) is 24.3 Å². The second kappa shape index (κ2) is 8.76. The van der Waals surface area contributed by atoms with Gasteiger partial charge in [0.25, 0.3) is 0 Å². The molecule has 0 saturated heterocycles. The number of rotatable bonds is 7. The van der Waals surface area contributed by atoms with E-state index < -0.39 is 0 Å². The lowest BCUT2D eigenvalue weighted by Gasteiger charge is -2.15. The van der Waals surface area contributed by atoms with Crippen LogP contribution in [-0.2, 0) is 11.3 Å². The minimum absolute atomic E-state index is 0.0542. The van der Waals surface area contributed by atoms with Gasteiger partial charge in [-0.25, -0.2) is 4.79 Å². The summed E-state index contributed by atoms with van der Waals surface area (Å²) >= 11 is 0. The van der Waals surface area contributed by atoms with Crippen molar-refractivity contribution in [3.05, 3.63) is 29.8 Å². The van der Waals surface area contributed by atoms with E-state index in [1.807, 2.05) is 31.2 Å². The van der Waals surface area contributed by atoms with Crippen molar-refractivity contribution in [3.8, 4) is 0 Å². The number of urea groups is 1. The highest BCUT2D eigenvalue weighted by atomic mass is 16.5. The zero-order valence-corrected chi connectivity index (χ0v) is 13.2. The lowest BCUT2D eigenvalue weighted by atomic mass is 10.2. The second-order valence-corrected chi connectivity index (χ2v) is 5.80. The highest BCUT2D eigenvalue weighted by Crippen LogP contribution is 2.22. The summed E-state index contributed by atoms with van der Waals surface area (Å²) in [5.74, 6) is 0. The van der Waals surface area contributed by atoms with Crippen molar-refractivity contribution in [2.75, 3.05) is 11.9 Å². The Kier molecular flexibility index (Phi) is 6.68. The quantitative estimate of drug-likeness (QED) is 0.725. The number of hydrogen-bond acceptors (Lipinski definition) is 3. The van der Waals surface area contributed by atoms with Gasteiger partial charge in [0.05, 0.1) is 25.4 Å². The SMILES string of the molecule is CC[C@H](CO)NC(=O)Nc1ccc(COC2CCCC2)cc1. The normalized spacial score (nSPS) is 16.5. The first-order valence-electron chi connectivity index (χ1n) is 8.10. The molecule has 5 nitrogen and oxygen atoms in total. The van der Waals surface area contributed by atoms with Gasteiger partial charge in [-0.05, 0) is 37.0 Å². The van der Waals surface area contributed by atoms with Gasteiger partial charge in [-0.1, -0.05) is 31.9 Å². The number of hydrogen-bond donors (Lipinski definition) is 3. The predicted molar refractivity (Wildman–Crippen MR) is 86.8 cm³/mol. The highest BCUT2D eigenvalue weighted by Gasteiger charge is 2.15. The number of benzene rings is 1. The molecule has 0 bridgehead atoms. The number of aliphatic hydroxyl groups is 1. The number of nitrogens with one attached hydrogen (secondary N) is 2. The topological polar surface area (TPSA) is 70.6 Å². The first kappa shape index (κ1) is 16.8. The van der Waals surface area contributed by atoms with Crippen molar-refractivity contribution in [1.82, 2.24) is 5.32 Å². The molecule has 0 aliphatic heterocycles. The third-order valence-corrected chi connectivity index (χ3v) is 4.05. The molecule has 3 N–H and O–H groups in total. The van der Waals surface area contributed by atoms with Gasteiger partial charge in [0, 0.05) is 5.69 Å². The molecule has 1 aliphatic rings. The summed E-state index contributed by atoms with van der Waals surface area (Å²) in [5, 5.41) is 14.6. The second-order valence-electron chi connectivity index (χ2n) is 5.80. The molecular weight excluding hydrogens is 280 g/mol. The predicted octanol–water partition coefficient (Wildman–Crippen LogP) is 3.04. The van der Waals surface area contributed by atoms with E-state index >= 15 is 0 Å². The van der Waals surface area contributed by atoms with Gasteiger partial charge < -0.3 is 20.5 Å². The Balaban J connectivity index is 1.77. The van der Waals surface area contributed by atoms with E-state index in [9.17, 15) is 4.79 Å². The number of ether oxygens (including phenoxy) is 1. The Bertz CT molecular complexity index is 451. The van der Waals surface area contributed by atoms with Gasteiger partial charge in [0.2, 0.25) is 0 Å². The first-order chi connectivity index (χ1) is 10.7. The molecule has 1 aliphatic carbocycles. The van der Waals surface area contributed by atoms with Crippen molar-refractivity contribution >= 4 is 11.7 Å². The van der Waals surface area contributed by atoms with Crippen LogP contribution in [0.1, 0.15) is 44.6 Å². The maximum Gasteiger partial charge on any atom is 0.319 e. The number of carbonyl (C=O) groups excluding carboxylic acids is 1. The molecule has 122 valence electrons. The van der Waals surface area contributed by atoms with Crippen LogP contribution in [0.5, 0.6) is 0 Å². The molecule has 1 aromatic carbocycles. The summed E-state index contributed by atoms with van der Waals surface area (Å²) in [6.45, 7) is 2.49. The molecule has 0 unspecified atom stereocenters. The first-order valence-corrected chi connectivity index (χ1v) is 8.10. The maximum atomic E-state index is 11.8.